The van der Waals surface area contributed by atoms with Crippen molar-refractivity contribution in [1.82, 2.24) is 0 Å². The Morgan fingerprint density at radius 1 is 1.30 bits per heavy atom. The Bertz CT molecular complexity index is 779. The molecule has 0 aromatic rings. The molecule has 9 atom stereocenters. The molecule has 4 aliphatic carbocycles. The molecule has 0 spiro atoms. The van der Waals surface area contributed by atoms with E-state index in [2.05, 4.69) is 12.6 Å². The van der Waals surface area contributed by atoms with Crippen LogP contribution >= 0.6 is 12.6 Å². The van der Waals surface area contributed by atoms with Gasteiger partial charge in [0.25, 0.3) is 0 Å². The molecule has 0 saturated heterocycles. The number of carbonyl (C=O) groups excluding carboxylic acids is 2. The van der Waals surface area contributed by atoms with E-state index in [1.54, 1.807) is 6.92 Å². The quantitative estimate of drug-likeness (QED) is 0.666. The predicted octanol–water partition coefficient (Wildman–Crippen LogP) is 3.62. The summed E-state index contributed by atoms with van der Waals surface area (Å²) in [6, 6.07) is 0. The topological polar surface area (TPSA) is 54.4 Å². The summed E-state index contributed by atoms with van der Waals surface area (Å²) in [7, 11) is 0. The summed E-state index contributed by atoms with van der Waals surface area (Å²) in [6.07, 6.45) is 1.80. The van der Waals surface area contributed by atoms with Crippen LogP contribution in [0.15, 0.2) is 23.8 Å². The highest BCUT2D eigenvalue weighted by Gasteiger charge is 2.72. The average Bonchev–Trinajstić information content (AvgIpc) is 2.82. The first kappa shape index (κ1) is 19.3. The second kappa shape index (κ2) is 5.76. The molecule has 148 valence electrons. The number of ketones is 1. The van der Waals surface area contributed by atoms with Crippen molar-refractivity contribution in [2.45, 2.75) is 58.0 Å². The summed E-state index contributed by atoms with van der Waals surface area (Å²) >= 11 is 4.06. The summed E-state index contributed by atoms with van der Waals surface area (Å²) in [5.74, 6) is -1.66. The Balaban J connectivity index is 1.86. The lowest BCUT2D eigenvalue weighted by atomic mass is 9.45. The zero-order valence-corrected chi connectivity index (χ0v) is 16.7. The molecule has 0 radical (unpaired) electrons. The van der Waals surface area contributed by atoms with Crippen LogP contribution in [0, 0.1) is 34.5 Å². The van der Waals surface area contributed by atoms with Gasteiger partial charge in [-0.2, -0.15) is 0 Å². The molecule has 3 fully saturated rings. The highest BCUT2D eigenvalue weighted by molar-refractivity contribution is 7.96. The Kier molecular flexibility index (Phi) is 4.12. The smallest absolute Gasteiger partial charge is 0.189 e. The fraction of sp³-hybridized carbons (Fsp3) is 0.714. The first-order chi connectivity index (χ1) is 12.5. The molecule has 0 heterocycles. The summed E-state index contributed by atoms with van der Waals surface area (Å²) in [6.45, 7) is 5.46. The maximum atomic E-state index is 16.8. The molecule has 0 amide bonds. The van der Waals surface area contributed by atoms with Gasteiger partial charge < -0.3 is 5.11 Å². The monoisotopic (exact) mass is 396 g/mol. The molecule has 6 heteroatoms. The first-order valence-electron chi connectivity index (χ1n) is 9.66. The number of hydrogen-bond acceptors (Lipinski definition) is 3. The number of halogens is 2. The number of allylic oxidation sites excluding steroid dienone is 4. The van der Waals surface area contributed by atoms with Crippen molar-refractivity contribution in [3.05, 3.63) is 23.8 Å². The minimum absolute atomic E-state index is 0.00540. The third-order valence-corrected chi connectivity index (χ3v) is 8.51. The fourth-order valence-corrected chi connectivity index (χ4v) is 7.65. The van der Waals surface area contributed by atoms with Gasteiger partial charge in [-0.3, -0.25) is 9.59 Å². The second-order valence-electron chi connectivity index (χ2n) is 9.48. The molecule has 3 nitrogen and oxygen atoms in total. The van der Waals surface area contributed by atoms with E-state index in [0.717, 1.165) is 0 Å². The van der Waals surface area contributed by atoms with Crippen molar-refractivity contribution < 1.29 is 23.5 Å². The number of alkyl halides is 2. The van der Waals surface area contributed by atoms with Crippen LogP contribution in [0.2, 0.25) is 0 Å². The van der Waals surface area contributed by atoms with Crippen LogP contribution < -0.4 is 0 Å². The Morgan fingerprint density at radius 2 is 1.96 bits per heavy atom. The van der Waals surface area contributed by atoms with Gasteiger partial charge in [0.2, 0.25) is 0 Å². The van der Waals surface area contributed by atoms with Gasteiger partial charge >= 0.3 is 0 Å². The largest absolute Gasteiger partial charge is 0.390 e. The number of thiol groups is 1. The van der Waals surface area contributed by atoms with Gasteiger partial charge in [0.05, 0.1) is 6.10 Å². The van der Waals surface area contributed by atoms with Crippen molar-refractivity contribution in [3.8, 4) is 0 Å². The van der Waals surface area contributed by atoms with Gasteiger partial charge in [0.15, 0.2) is 16.6 Å². The van der Waals surface area contributed by atoms with E-state index in [0.29, 0.717) is 6.42 Å². The minimum atomic E-state index is -2.07. The van der Waals surface area contributed by atoms with Crippen LogP contribution in [-0.4, -0.2) is 33.9 Å². The molecule has 1 N–H and O–H groups in total. The highest BCUT2D eigenvalue weighted by Crippen LogP contribution is 2.70. The van der Waals surface area contributed by atoms with E-state index >= 15 is 8.78 Å². The third-order valence-electron chi connectivity index (χ3n) is 8.23. The lowest BCUT2D eigenvalue weighted by molar-refractivity contribution is -0.201. The summed E-state index contributed by atoms with van der Waals surface area (Å²) in [5.41, 5.74) is -3.92. The number of rotatable bonds is 1. The fourth-order valence-electron chi connectivity index (χ4n) is 7.10. The molecule has 2 unspecified atom stereocenters. The maximum Gasteiger partial charge on any atom is 0.189 e. The van der Waals surface area contributed by atoms with Gasteiger partial charge in [0, 0.05) is 17.3 Å². The third kappa shape index (κ3) is 2.23. The number of aliphatic hydroxyl groups is 1. The summed E-state index contributed by atoms with van der Waals surface area (Å²) in [4.78, 5) is 24.0. The van der Waals surface area contributed by atoms with E-state index in [1.165, 1.54) is 18.2 Å². The van der Waals surface area contributed by atoms with E-state index in [9.17, 15) is 14.7 Å². The van der Waals surface area contributed by atoms with Crippen molar-refractivity contribution in [2.75, 3.05) is 0 Å². The SMILES string of the molecule is C[C@@H]1CC2C3C[C@H](F)C4=CC(=O)C=C[C@]4(C)[C@@]3(F)[C@@H](O)C[C@]2(C)[C@H]1C(=O)S. The average molecular weight is 396 g/mol. The first-order valence-corrected chi connectivity index (χ1v) is 10.1. The standard InChI is InChI=1S/C21H26F2O3S/c1-10-6-12-13-8-15(22)14-7-11(24)4-5-20(14,3)21(13,23)16(25)9-19(12,2)17(10)18(26)27/h4-5,7,10,12-13,15-17,25H,6,8-9H2,1-3H3,(H,26,27)/t10-,12?,13?,15+,16+,17-,19+,20+,21+/m1/s1. The number of hydrogen-bond donors (Lipinski definition) is 2. The van der Waals surface area contributed by atoms with E-state index in [-0.39, 0.29) is 47.1 Å². The van der Waals surface area contributed by atoms with E-state index in [1.807, 2.05) is 13.8 Å². The normalized spacial score (nSPS) is 54.0. The molecule has 27 heavy (non-hydrogen) atoms. The van der Waals surface area contributed by atoms with Crippen molar-refractivity contribution >= 4 is 23.5 Å². The van der Waals surface area contributed by atoms with E-state index in [4.69, 9.17) is 0 Å². The van der Waals surface area contributed by atoms with Crippen molar-refractivity contribution in [3.63, 3.8) is 0 Å². The second-order valence-corrected chi connectivity index (χ2v) is 9.92. The molecule has 0 bridgehead atoms. The van der Waals surface area contributed by atoms with Crippen molar-refractivity contribution in [2.24, 2.45) is 34.5 Å². The predicted molar refractivity (Wildman–Crippen MR) is 101 cm³/mol. The lowest BCUT2D eigenvalue weighted by Gasteiger charge is -2.62. The molecule has 4 aliphatic rings. The lowest BCUT2D eigenvalue weighted by Crippen LogP contribution is -2.68. The highest BCUT2D eigenvalue weighted by atomic mass is 32.1. The zero-order chi connectivity index (χ0) is 19.9. The van der Waals surface area contributed by atoms with Crippen LogP contribution in [-0.2, 0) is 9.59 Å². The molecule has 3 saturated carbocycles. The Morgan fingerprint density at radius 3 is 2.59 bits per heavy atom. The molecular formula is C21H26F2O3S. The molecule has 0 aromatic carbocycles. The van der Waals surface area contributed by atoms with Crippen LogP contribution in [0.1, 0.15) is 40.0 Å². The van der Waals surface area contributed by atoms with Crippen LogP contribution in [0.3, 0.4) is 0 Å². The van der Waals surface area contributed by atoms with Gasteiger partial charge in [-0.1, -0.05) is 19.9 Å². The molecule has 0 aliphatic heterocycles. The van der Waals surface area contributed by atoms with Gasteiger partial charge in [-0.15, -0.1) is 12.6 Å². The maximum absolute atomic E-state index is 16.8. The summed E-state index contributed by atoms with van der Waals surface area (Å²) < 4.78 is 31.9. The number of fused-ring (bicyclic) bond motifs is 5. The van der Waals surface area contributed by atoms with E-state index < -0.39 is 34.7 Å². The molecule has 4 rings (SSSR count). The minimum Gasteiger partial charge on any atom is -0.390 e. The van der Waals surface area contributed by atoms with Gasteiger partial charge in [-0.25, -0.2) is 8.78 Å². The Labute approximate surface area is 163 Å². The van der Waals surface area contributed by atoms with Gasteiger partial charge in [0.1, 0.15) is 6.17 Å². The Hall–Kier alpha value is -1.01. The van der Waals surface area contributed by atoms with Crippen molar-refractivity contribution in [1.29, 1.82) is 0 Å². The van der Waals surface area contributed by atoms with Gasteiger partial charge in [-0.05, 0) is 61.2 Å². The zero-order valence-electron chi connectivity index (χ0n) is 15.8. The van der Waals surface area contributed by atoms with Crippen LogP contribution in [0.5, 0.6) is 0 Å². The number of aliphatic hydroxyl groups excluding tert-OH is 1. The van der Waals surface area contributed by atoms with Crippen LogP contribution in [0.25, 0.3) is 0 Å². The molecular weight excluding hydrogens is 370 g/mol. The summed E-state index contributed by atoms with van der Waals surface area (Å²) in [5, 5.41) is 10.8. The number of carbonyl (C=O) groups is 2. The van der Waals surface area contributed by atoms with Crippen LogP contribution in [0.4, 0.5) is 8.78 Å². The molecule has 0 aromatic heterocycles.